The first-order valence-electron chi connectivity index (χ1n) is 12.4. The van der Waals surface area contributed by atoms with Crippen LogP contribution in [0, 0.1) is 11.8 Å². The van der Waals surface area contributed by atoms with Gasteiger partial charge in [0.1, 0.15) is 6.61 Å². The van der Waals surface area contributed by atoms with E-state index in [0.29, 0.717) is 13.0 Å². The maximum Gasteiger partial charge on any atom is 0.332 e. The lowest BCUT2D eigenvalue weighted by Gasteiger charge is -2.34. The highest BCUT2D eigenvalue weighted by molar-refractivity contribution is 5.86. The number of rotatable bonds is 14. The van der Waals surface area contributed by atoms with Crippen molar-refractivity contribution in [1.82, 2.24) is 10.2 Å². The molecule has 1 aromatic carbocycles. The summed E-state index contributed by atoms with van der Waals surface area (Å²) in [5.41, 5.74) is 1.64. The second-order valence-electron chi connectivity index (χ2n) is 9.82. The highest BCUT2D eigenvalue weighted by atomic mass is 16.6. The molecule has 0 saturated heterocycles. The molecule has 0 aliphatic rings. The second kappa shape index (κ2) is 14.7. The maximum atomic E-state index is 13.1. The number of amides is 2. The van der Waals surface area contributed by atoms with Gasteiger partial charge >= 0.3 is 5.97 Å². The van der Waals surface area contributed by atoms with E-state index in [1.807, 2.05) is 64.1 Å². The summed E-state index contributed by atoms with van der Waals surface area (Å²) in [5.74, 6) is -0.795. The minimum absolute atomic E-state index is 0.0633. The van der Waals surface area contributed by atoms with Gasteiger partial charge in [-0.1, -0.05) is 71.0 Å². The molecule has 7 nitrogen and oxygen atoms in total. The normalized spacial score (nSPS) is 13.8. The van der Waals surface area contributed by atoms with E-state index in [4.69, 9.17) is 9.47 Å². The van der Waals surface area contributed by atoms with E-state index >= 15 is 0 Å². The number of benzene rings is 1. The third-order valence-electron chi connectivity index (χ3n) is 6.36. The van der Waals surface area contributed by atoms with Crippen LogP contribution in [-0.4, -0.2) is 62.1 Å². The van der Waals surface area contributed by atoms with Gasteiger partial charge in [-0.3, -0.25) is 9.59 Å². The number of hydrogen-bond donors (Lipinski definition) is 1. The van der Waals surface area contributed by atoms with Crippen LogP contribution in [0.25, 0.3) is 0 Å². The van der Waals surface area contributed by atoms with Crippen LogP contribution in [0.2, 0.25) is 0 Å². The van der Waals surface area contributed by atoms with Gasteiger partial charge in [-0.05, 0) is 37.3 Å². The van der Waals surface area contributed by atoms with E-state index in [9.17, 15) is 14.4 Å². The number of hydrogen-bond acceptors (Lipinski definition) is 5. The quantitative estimate of drug-likeness (QED) is 0.315. The summed E-state index contributed by atoms with van der Waals surface area (Å²) in [6.07, 6.45) is 2.64. The molecular weight excluding hydrogens is 444 g/mol. The number of carbonyl (C=O) groups excluding carboxylic acids is 3. The van der Waals surface area contributed by atoms with E-state index in [0.717, 1.165) is 11.1 Å². The molecule has 0 bridgehead atoms. The molecule has 7 heteroatoms. The van der Waals surface area contributed by atoms with Crippen molar-refractivity contribution in [3.8, 4) is 0 Å². The fourth-order valence-electron chi connectivity index (χ4n) is 4.26. The number of nitrogens with zero attached hydrogens (tertiary/aromatic N) is 1. The molecule has 0 aliphatic heterocycles. The third kappa shape index (κ3) is 9.48. The van der Waals surface area contributed by atoms with Crippen molar-refractivity contribution in [3.63, 3.8) is 0 Å². The Bertz CT molecular complexity index is 848. The van der Waals surface area contributed by atoms with Crippen LogP contribution in [0.4, 0.5) is 0 Å². The molecule has 196 valence electrons. The van der Waals surface area contributed by atoms with Gasteiger partial charge < -0.3 is 19.7 Å². The molecule has 2 atom stereocenters. The van der Waals surface area contributed by atoms with Crippen LogP contribution in [0.1, 0.15) is 60.5 Å². The lowest BCUT2D eigenvalue weighted by molar-refractivity contribution is -0.148. The molecule has 1 rings (SSSR count). The second-order valence-corrected chi connectivity index (χ2v) is 9.82. The molecule has 35 heavy (non-hydrogen) atoms. The van der Waals surface area contributed by atoms with Crippen molar-refractivity contribution >= 4 is 17.8 Å². The summed E-state index contributed by atoms with van der Waals surface area (Å²) < 4.78 is 10.3. The van der Waals surface area contributed by atoms with Gasteiger partial charge in [-0.25, -0.2) is 4.79 Å². The van der Waals surface area contributed by atoms with Gasteiger partial charge in [-0.2, -0.15) is 0 Å². The Hall–Kier alpha value is -2.67. The van der Waals surface area contributed by atoms with Crippen molar-refractivity contribution in [3.05, 3.63) is 47.5 Å². The first-order chi connectivity index (χ1) is 16.4. The zero-order chi connectivity index (χ0) is 26.6. The molecule has 0 aromatic heterocycles. The average Bonchev–Trinajstić information content (AvgIpc) is 2.81. The van der Waals surface area contributed by atoms with Gasteiger partial charge in [-0.15, -0.1) is 0 Å². The molecule has 0 aliphatic carbocycles. The van der Waals surface area contributed by atoms with Crippen LogP contribution >= 0.6 is 0 Å². The minimum atomic E-state index is -0.399. The van der Waals surface area contributed by atoms with E-state index in [1.54, 1.807) is 18.9 Å². The molecular formula is C28H44N2O5. The van der Waals surface area contributed by atoms with Crippen molar-refractivity contribution in [2.24, 2.45) is 11.8 Å². The lowest BCUT2D eigenvalue weighted by Crippen LogP contribution is -2.47. The van der Waals surface area contributed by atoms with Gasteiger partial charge in [0.25, 0.3) is 0 Å². The first-order valence-corrected chi connectivity index (χ1v) is 12.4. The number of ether oxygens (including phenoxy) is 2. The lowest BCUT2D eigenvalue weighted by atomic mass is 9.71. The van der Waals surface area contributed by atoms with Crippen molar-refractivity contribution in [1.29, 1.82) is 0 Å². The molecule has 0 heterocycles. The highest BCUT2D eigenvalue weighted by Gasteiger charge is 2.35. The number of likely N-dealkylation sites (N-methyl/N-ethyl adjacent to an activating group) is 1. The standard InChI is InChI=1S/C28H44N2O5/c1-9-23(28(6,7)22-14-12-11-13-15-22)27(33)29-17-25(31)30(8)24(20(3)4)16-21(5)18-34-19-26(32)35-10-2/h11-16,20,23-24H,9-10,17-19H2,1-8H3,(H,29,33)/b21-16+/t23-,24-/m1/s1. The molecule has 1 N–H and O–H groups in total. The Kier molecular flexibility index (Phi) is 12.7. The van der Waals surface area contributed by atoms with Crippen LogP contribution in [0.15, 0.2) is 42.0 Å². The smallest absolute Gasteiger partial charge is 0.332 e. The van der Waals surface area contributed by atoms with Crippen molar-refractivity contribution in [2.75, 3.05) is 33.4 Å². The predicted molar refractivity (Wildman–Crippen MR) is 139 cm³/mol. The summed E-state index contributed by atoms with van der Waals surface area (Å²) >= 11 is 0. The number of esters is 1. The van der Waals surface area contributed by atoms with Crippen molar-refractivity contribution in [2.45, 2.75) is 66.3 Å². The Morgan fingerprint density at radius 3 is 2.26 bits per heavy atom. The monoisotopic (exact) mass is 488 g/mol. The summed E-state index contributed by atoms with van der Waals surface area (Å²) in [4.78, 5) is 39.1. The predicted octanol–water partition coefficient (Wildman–Crippen LogP) is 4.12. The summed E-state index contributed by atoms with van der Waals surface area (Å²) in [7, 11) is 1.74. The largest absolute Gasteiger partial charge is 0.464 e. The molecule has 0 radical (unpaired) electrons. The molecule has 0 fully saturated rings. The Morgan fingerprint density at radius 2 is 1.71 bits per heavy atom. The Morgan fingerprint density at radius 1 is 1.09 bits per heavy atom. The van der Waals surface area contributed by atoms with Crippen LogP contribution < -0.4 is 5.32 Å². The van der Waals surface area contributed by atoms with E-state index in [1.165, 1.54) is 0 Å². The van der Waals surface area contributed by atoms with Gasteiger partial charge in [0.2, 0.25) is 11.8 Å². The number of nitrogens with one attached hydrogen (secondary N) is 1. The summed E-state index contributed by atoms with van der Waals surface area (Å²) in [6, 6.07) is 9.81. The number of carbonyl (C=O) groups is 3. The Labute approximate surface area is 211 Å². The van der Waals surface area contributed by atoms with Gasteiger partial charge in [0.05, 0.1) is 25.8 Å². The van der Waals surface area contributed by atoms with E-state index in [-0.39, 0.29) is 54.9 Å². The van der Waals surface area contributed by atoms with Crippen LogP contribution in [0.5, 0.6) is 0 Å². The summed E-state index contributed by atoms with van der Waals surface area (Å²) in [5, 5.41) is 2.87. The van der Waals surface area contributed by atoms with Crippen molar-refractivity contribution < 1.29 is 23.9 Å². The maximum absolute atomic E-state index is 13.1. The van der Waals surface area contributed by atoms with Crippen LogP contribution in [0.3, 0.4) is 0 Å². The highest BCUT2D eigenvalue weighted by Crippen LogP contribution is 2.33. The topological polar surface area (TPSA) is 84.9 Å². The average molecular weight is 489 g/mol. The van der Waals surface area contributed by atoms with E-state index < -0.39 is 5.97 Å². The van der Waals surface area contributed by atoms with Gasteiger partial charge in [0.15, 0.2) is 0 Å². The zero-order valence-corrected chi connectivity index (χ0v) is 22.7. The van der Waals surface area contributed by atoms with E-state index in [2.05, 4.69) is 19.2 Å². The Balaban J connectivity index is 2.76. The minimum Gasteiger partial charge on any atom is -0.464 e. The zero-order valence-electron chi connectivity index (χ0n) is 22.7. The molecule has 0 unspecified atom stereocenters. The SMILES string of the molecule is CCOC(=O)COC/C(C)=C/[C@H](C(C)C)N(C)C(=O)CNC(=O)[C@@H](CC)C(C)(C)c1ccccc1. The molecule has 0 spiro atoms. The third-order valence-corrected chi connectivity index (χ3v) is 6.36. The first kappa shape index (κ1) is 30.4. The fraction of sp³-hybridized carbons (Fsp3) is 0.607. The van der Waals surface area contributed by atoms with Crippen LogP contribution in [-0.2, 0) is 29.3 Å². The fourth-order valence-corrected chi connectivity index (χ4v) is 4.26. The van der Waals surface area contributed by atoms with Gasteiger partial charge in [0, 0.05) is 18.4 Å². The summed E-state index contributed by atoms with van der Waals surface area (Å²) in [6.45, 7) is 14.3. The molecule has 2 amide bonds. The molecule has 0 saturated carbocycles. The molecule has 1 aromatic rings.